The Morgan fingerprint density at radius 1 is 1.04 bits per heavy atom. The largest absolute Gasteiger partial charge is 0.331 e. The van der Waals surface area contributed by atoms with Crippen molar-refractivity contribution in [3.05, 3.63) is 52.5 Å². The van der Waals surface area contributed by atoms with Crippen molar-refractivity contribution in [2.45, 2.75) is 4.90 Å². The fraction of sp³-hybridized carbons (Fsp3) is 0.133. The molecular formula is C15H16Cl2N4O2S2. The molecule has 0 saturated heterocycles. The van der Waals surface area contributed by atoms with Crippen molar-refractivity contribution in [1.82, 2.24) is 9.73 Å². The van der Waals surface area contributed by atoms with Crippen LogP contribution in [0.4, 0.5) is 11.4 Å². The minimum Gasteiger partial charge on any atom is -0.331 e. The molecule has 134 valence electrons. The lowest BCUT2D eigenvalue weighted by molar-refractivity contribution is 0.521. The first-order chi connectivity index (χ1) is 11.7. The molecule has 0 aromatic heterocycles. The van der Waals surface area contributed by atoms with Crippen LogP contribution in [0.15, 0.2) is 47.4 Å². The number of hydrazine groups is 1. The van der Waals surface area contributed by atoms with E-state index in [4.69, 9.17) is 35.4 Å². The lowest BCUT2D eigenvalue weighted by Gasteiger charge is -2.15. The highest BCUT2D eigenvalue weighted by Gasteiger charge is 2.17. The molecule has 6 nitrogen and oxygen atoms in total. The molecule has 0 fully saturated rings. The average molecular weight is 419 g/mol. The van der Waals surface area contributed by atoms with E-state index in [0.29, 0.717) is 21.4 Å². The minimum absolute atomic E-state index is 0.169. The minimum atomic E-state index is -3.51. The van der Waals surface area contributed by atoms with Gasteiger partial charge >= 0.3 is 0 Å². The summed E-state index contributed by atoms with van der Waals surface area (Å²) in [4.78, 5) is 0.169. The van der Waals surface area contributed by atoms with E-state index in [2.05, 4.69) is 16.2 Å². The summed E-state index contributed by atoms with van der Waals surface area (Å²) in [5, 5.41) is 4.02. The first kappa shape index (κ1) is 19.7. The van der Waals surface area contributed by atoms with Gasteiger partial charge in [-0.15, -0.1) is 0 Å². The maximum Gasteiger partial charge on any atom is 0.242 e. The zero-order valence-corrected chi connectivity index (χ0v) is 16.5. The fourth-order valence-corrected chi connectivity index (χ4v) is 3.23. The Bertz CT molecular complexity index is 889. The number of rotatable bonds is 5. The van der Waals surface area contributed by atoms with Gasteiger partial charge in [0, 0.05) is 19.8 Å². The van der Waals surface area contributed by atoms with Crippen LogP contribution in [0.3, 0.4) is 0 Å². The lowest BCUT2D eigenvalue weighted by atomic mass is 10.3. The van der Waals surface area contributed by atoms with Crippen molar-refractivity contribution in [2.24, 2.45) is 0 Å². The summed E-state index contributed by atoms with van der Waals surface area (Å²) in [6, 6.07) is 11.4. The summed E-state index contributed by atoms with van der Waals surface area (Å²) in [7, 11) is -0.562. The maximum absolute atomic E-state index is 12.2. The van der Waals surface area contributed by atoms with Gasteiger partial charge in [-0.1, -0.05) is 29.3 Å². The molecule has 0 saturated carbocycles. The highest BCUT2D eigenvalue weighted by Crippen LogP contribution is 2.24. The summed E-state index contributed by atoms with van der Waals surface area (Å²) in [5.74, 6) is 0. The second kappa shape index (κ2) is 8.20. The predicted molar refractivity (Wildman–Crippen MR) is 107 cm³/mol. The van der Waals surface area contributed by atoms with Gasteiger partial charge in [0.2, 0.25) is 10.0 Å². The first-order valence-electron chi connectivity index (χ1n) is 7.01. The van der Waals surface area contributed by atoms with Gasteiger partial charge in [0.25, 0.3) is 0 Å². The molecule has 0 amide bonds. The molecule has 0 bridgehead atoms. The molecular weight excluding hydrogens is 403 g/mol. The summed E-state index contributed by atoms with van der Waals surface area (Å²) in [6.45, 7) is 0. The van der Waals surface area contributed by atoms with E-state index >= 15 is 0 Å². The summed E-state index contributed by atoms with van der Waals surface area (Å²) in [5.41, 5.74) is 6.86. The van der Waals surface area contributed by atoms with E-state index in [0.717, 1.165) is 4.31 Å². The van der Waals surface area contributed by atoms with Gasteiger partial charge in [-0.2, -0.15) is 0 Å². The highest BCUT2D eigenvalue weighted by atomic mass is 35.5. The van der Waals surface area contributed by atoms with Crippen molar-refractivity contribution in [3.8, 4) is 0 Å². The molecule has 0 aliphatic carbocycles. The lowest BCUT2D eigenvalue weighted by Crippen LogP contribution is -2.33. The Morgan fingerprint density at radius 2 is 1.76 bits per heavy atom. The summed E-state index contributed by atoms with van der Waals surface area (Å²) >= 11 is 17.0. The number of nitrogens with one attached hydrogen (secondary N) is 3. The van der Waals surface area contributed by atoms with Crippen LogP contribution in [0.1, 0.15) is 0 Å². The third-order valence-corrected chi connectivity index (χ3v) is 5.86. The number of sulfonamides is 1. The molecule has 25 heavy (non-hydrogen) atoms. The number of hydrogen-bond donors (Lipinski definition) is 3. The molecule has 0 unspecified atom stereocenters. The van der Waals surface area contributed by atoms with Crippen LogP contribution < -0.4 is 16.2 Å². The van der Waals surface area contributed by atoms with Crippen LogP contribution in [0, 0.1) is 0 Å². The van der Waals surface area contributed by atoms with Gasteiger partial charge in [0.15, 0.2) is 5.11 Å². The molecule has 0 atom stereocenters. The molecule has 2 rings (SSSR count). The Hall–Kier alpha value is -1.58. The van der Waals surface area contributed by atoms with Gasteiger partial charge in [0.1, 0.15) is 0 Å². The maximum atomic E-state index is 12.2. The van der Waals surface area contributed by atoms with E-state index in [1.165, 1.54) is 26.2 Å². The van der Waals surface area contributed by atoms with E-state index < -0.39 is 10.0 Å². The molecule has 0 aliphatic heterocycles. The molecule has 2 aromatic carbocycles. The van der Waals surface area contributed by atoms with Gasteiger partial charge < -0.3 is 5.32 Å². The van der Waals surface area contributed by atoms with Crippen LogP contribution in [-0.4, -0.2) is 31.9 Å². The standard InChI is InChI=1S/C15H16Cl2N4O2S2/c1-21(2)25(22,23)12-5-3-4-10(8-12)18-15(24)20-19-11-6-7-13(16)14(17)9-11/h3-9,19H,1-2H3,(H2,18,20,24). The van der Waals surface area contributed by atoms with Gasteiger partial charge in [0.05, 0.1) is 20.6 Å². The number of halogens is 2. The van der Waals surface area contributed by atoms with E-state index in [1.54, 1.807) is 30.3 Å². The van der Waals surface area contributed by atoms with Crippen LogP contribution in [0.2, 0.25) is 10.0 Å². The van der Waals surface area contributed by atoms with Gasteiger partial charge in [-0.05, 0) is 48.6 Å². The monoisotopic (exact) mass is 418 g/mol. The summed E-state index contributed by atoms with van der Waals surface area (Å²) < 4.78 is 25.5. The molecule has 0 radical (unpaired) electrons. The van der Waals surface area contributed by atoms with Crippen LogP contribution in [0.5, 0.6) is 0 Å². The van der Waals surface area contributed by atoms with Gasteiger partial charge in [-0.3, -0.25) is 10.9 Å². The van der Waals surface area contributed by atoms with Crippen molar-refractivity contribution in [1.29, 1.82) is 0 Å². The van der Waals surface area contributed by atoms with Crippen molar-refractivity contribution < 1.29 is 8.42 Å². The molecule has 10 heteroatoms. The molecule has 0 aliphatic rings. The second-order valence-electron chi connectivity index (χ2n) is 5.15. The number of nitrogens with zero attached hydrogens (tertiary/aromatic N) is 1. The normalized spacial score (nSPS) is 11.2. The highest BCUT2D eigenvalue weighted by molar-refractivity contribution is 7.89. The van der Waals surface area contributed by atoms with Crippen molar-refractivity contribution in [3.63, 3.8) is 0 Å². The SMILES string of the molecule is CN(C)S(=O)(=O)c1cccc(NC(=S)NNc2ccc(Cl)c(Cl)c2)c1. The first-order valence-corrected chi connectivity index (χ1v) is 9.61. The molecule has 2 aromatic rings. The Morgan fingerprint density at radius 3 is 2.40 bits per heavy atom. The number of anilines is 2. The zero-order chi connectivity index (χ0) is 18.6. The Labute approximate surface area is 162 Å². The predicted octanol–water partition coefficient (Wildman–Crippen LogP) is 3.56. The quantitative estimate of drug-likeness (QED) is 0.509. The average Bonchev–Trinajstić information content (AvgIpc) is 2.56. The fourth-order valence-electron chi connectivity index (χ4n) is 1.81. The third-order valence-electron chi connectivity index (χ3n) is 3.11. The molecule has 0 spiro atoms. The number of hydrogen-bond acceptors (Lipinski definition) is 4. The number of thiocarbonyl (C=S) groups is 1. The van der Waals surface area contributed by atoms with Crippen LogP contribution >= 0.6 is 35.4 Å². The smallest absolute Gasteiger partial charge is 0.242 e. The van der Waals surface area contributed by atoms with E-state index in [1.807, 2.05) is 0 Å². The van der Waals surface area contributed by atoms with Crippen LogP contribution in [-0.2, 0) is 10.0 Å². The number of benzene rings is 2. The topological polar surface area (TPSA) is 73.5 Å². The van der Waals surface area contributed by atoms with E-state index in [-0.39, 0.29) is 10.0 Å². The van der Waals surface area contributed by atoms with Gasteiger partial charge in [-0.25, -0.2) is 12.7 Å². The molecule has 0 heterocycles. The van der Waals surface area contributed by atoms with Crippen LogP contribution in [0.25, 0.3) is 0 Å². The zero-order valence-electron chi connectivity index (χ0n) is 13.4. The van der Waals surface area contributed by atoms with Crippen molar-refractivity contribution >= 4 is 61.9 Å². The Kier molecular flexibility index (Phi) is 6.47. The molecule has 3 N–H and O–H groups in total. The summed E-state index contributed by atoms with van der Waals surface area (Å²) in [6.07, 6.45) is 0. The van der Waals surface area contributed by atoms with E-state index in [9.17, 15) is 8.42 Å². The third kappa shape index (κ3) is 5.20. The second-order valence-corrected chi connectivity index (χ2v) is 8.52. The Balaban J connectivity index is 2.02. The van der Waals surface area contributed by atoms with Crippen molar-refractivity contribution in [2.75, 3.05) is 24.8 Å².